The SMILES string of the molecule is O=C(CC1CCCCC1)N1CCN(Cc2noc(C3CC3)n2)CC1. The van der Waals surface area contributed by atoms with E-state index in [0.29, 0.717) is 17.7 Å². The van der Waals surface area contributed by atoms with Crippen LogP contribution in [0.15, 0.2) is 4.52 Å². The maximum absolute atomic E-state index is 12.5. The van der Waals surface area contributed by atoms with E-state index in [1.165, 1.54) is 44.9 Å². The van der Waals surface area contributed by atoms with Gasteiger partial charge in [0.1, 0.15) is 0 Å². The number of rotatable bonds is 5. The standard InChI is InChI=1S/C18H28N4O2/c23-17(12-14-4-2-1-3-5-14)22-10-8-21(9-11-22)13-16-19-18(24-20-16)15-6-7-15/h14-15H,1-13H2. The van der Waals surface area contributed by atoms with Gasteiger partial charge in [0.2, 0.25) is 11.8 Å². The van der Waals surface area contributed by atoms with Crippen LogP contribution in [0, 0.1) is 5.92 Å². The van der Waals surface area contributed by atoms with E-state index in [9.17, 15) is 4.79 Å². The summed E-state index contributed by atoms with van der Waals surface area (Å²) >= 11 is 0. The van der Waals surface area contributed by atoms with E-state index in [4.69, 9.17) is 4.52 Å². The molecule has 1 aromatic heterocycles. The number of carbonyl (C=O) groups excluding carboxylic acids is 1. The molecule has 0 aromatic carbocycles. The van der Waals surface area contributed by atoms with Gasteiger partial charge in [0.25, 0.3) is 0 Å². The Bertz CT molecular complexity index is 555. The van der Waals surface area contributed by atoms with Gasteiger partial charge in [-0.2, -0.15) is 4.98 Å². The molecule has 1 aromatic rings. The molecule has 0 N–H and O–H groups in total. The topological polar surface area (TPSA) is 62.5 Å². The molecule has 0 radical (unpaired) electrons. The van der Waals surface area contributed by atoms with Gasteiger partial charge in [0.15, 0.2) is 5.82 Å². The Morgan fingerprint density at radius 1 is 1.04 bits per heavy atom. The van der Waals surface area contributed by atoms with Gasteiger partial charge in [-0.05, 0) is 31.6 Å². The molecule has 1 saturated heterocycles. The fourth-order valence-corrected chi connectivity index (χ4v) is 3.95. The van der Waals surface area contributed by atoms with Crippen molar-refractivity contribution in [2.24, 2.45) is 5.92 Å². The second-order valence-electron chi connectivity index (χ2n) is 7.69. The summed E-state index contributed by atoms with van der Waals surface area (Å²) in [6.45, 7) is 4.21. The fraction of sp³-hybridized carbons (Fsp3) is 0.833. The van der Waals surface area contributed by atoms with Crippen molar-refractivity contribution < 1.29 is 9.32 Å². The largest absolute Gasteiger partial charge is 0.340 e. The van der Waals surface area contributed by atoms with Crippen molar-refractivity contribution in [3.05, 3.63) is 11.7 Å². The van der Waals surface area contributed by atoms with Crippen molar-refractivity contribution in [1.29, 1.82) is 0 Å². The van der Waals surface area contributed by atoms with Gasteiger partial charge >= 0.3 is 0 Å². The highest BCUT2D eigenvalue weighted by atomic mass is 16.5. The summed E-state index contributed by atoms with van der Waals surface area (Å²) in [5, 5.41) is 4.09. The molecule has 6 heteroatoms. The van der Waals surface area contributed by atoms with Gasteiger partial charge in [-0.1, -0.05) is 24.4 Å². The molecule has 4 rings (SSSR count). The van der Waals surface area contributed by atoms with Gasteiger partial charge in [0.05, 0.1) is 6.54 Å². The lowest BCUT2D eigenvalue weighted by Crippen LogP contribution is -2.48. The van der Waals surface area contributed by atoms with Crippen LogP contribution in [-0.2, 0) is 11.3 Å². The molecule has 0 spiro atoms. The third-order valence-corrected chi connectivity index (χ3v) is 5.69. The first-order valence-electron chi connectivity index (χ1n) is 9.60. The monoisotopic (exact) mass is 332 g/mol. The minimum absolute atomic E-state index is 0.358. The summed E-state index contributed by atoms with van der Waals surface area (Å²) in [5.74, 6) is 3.10. The summed E-state index contributed by atoms with van der Waals surface area (Å²) in [4.78, 5) is 21.4. The zero-order valence-corrected chi connectivity index (χ0v) is 14.5. The Kier molecular flexibility index (Phi) is 4.83. The lowest BCUT2D eigenvalue weighted by Gasteiger charge is -2.35. The van der Waals surface area contributed by atoms with Crippen LogP contribution in [0.1, 0.15) is 69.0 Å². The van der Waals surface area contributed by atoms with Gasteiger partial charge in [0, 0.05) is 38.5 Å². The first-order valence-corrected chi connectivity index (χ1v) is 9.60. The van der Waals surface area contributed by atoms with E-state index in [1.54, 1.807) is 0 Å². The van der Waals surface area contributed by atoms with Crippen molar-refractivity contribution in [2.75, 3.05) is 26.2 Å². The second kappa shape index (κ2) is 7.21. The molecule has 0 bridgehead atoms. The van der Waals surface area contributed by atoms with E-state index in [0.717, 1.165) is 50.9 Å². The summed E-state index contributed by atoms with van der Waals surface area (Å²) in [5.41, 5.74) is 0. The summed E-state index contributed by atoms with van der Waals surface area (Å²) < 4.78 is 5.32. The van der Waals surface area contributed by atoms with Crippen LogP contribution >= 0.6 is 0 Å². The van der Waals surface area contributed by atoms with E-state index >= 15 is 0 Å². The first-order chi connectivity index (χ1) is 11.8. The van der Waals surface area contributed by atoms with E-state index in [-0.39, 0.29) is 0 Å². The number of hydrogen-bond acceptors (Lipinski definition) is 5. The molecule has 2 saturated carbocycles. The summed E-state index contributed by atoms with van der Waals surface area (Å²) in [7, 11) is 0. The second-order valence-corrected chi connectivity index (χ2v) is 7.69. The minimum atomic E-state index is 0.358. The minimum Gasteiger partial charge on any atom is -0.340 e. The van der Waals surface area contributed by atoms with Crippen LogP contribution in [0.4, 0.5) is 0 Å². The van der Waals surface area contributed by atoms with Gasteiger partial charge < -0.3 is 9.42 Å². The highest BCUT2D eigenvalue weighted by molar-refractivity contribution is 5.76. The molecule has 2 heterocycles. The molecule has 0 atom stereocenters. The quantitative estimate of drug-likeness (QED) is 0.829. The van der Waals surface area contributed by atoms with Gasteiger partial charge in [-0.3, -0.25) is 9.69 Å². The molecule has 2 aliphatic carbocycles. The molecule has 1 aliphatic heterocycles. The molecule has 1 amide bonds. The van der Waals surface area contributed by atoms with Crippen molar-refractivity contribution in [3.63, 3.8) is 0 Å². The van der Waals surface area contributed by atoms with E-state index < -0.39 is 0 Å². The molecule has 3 aliphatic rings. The number of carbonyl (C=O) groups is 1. The van der Waals surface area contributed by atoms with Crippen molar-refractivity contribution in [1.82, 2.24) is 19.9 Å². The maximum Gasteiger partial charge on any atom is 0.229 e. The van der Waals surface area contributed by atoms with E-state index in [1.807, 2.05) is 0 Å². The zero-order valence-electron chi connectivity index (χ0n) is 14.5. The Morgan fingerprint density at radius 3 is 2.50 bits per heavy atom. The van der Waals surface area contributed by atoms with Crippen molar-refractivity contribution in [2.45, 2.75) is 63.8 Å². The van der Waals surface area contributed by atoms with E-state index in [2.05, 4.69) is 19.9 Å². The lowest BCUT2D eigenvalue weighted by atomic mass is 9.86. The van der Waals surface area contributed by atoms with Crippen LogP contribution in [0.25, 0.3) is 0 Å². The highest BCUT2D eigenvalue weighted by Crippen LogP contribution is 2.38. The van der Waals surface area contributed by atoms with Gasteiger partial charge in [-0.15, -0.1) is 0 Å². The normalized spacial score (nSPS) is 23.6. The molecular weight excluding hydrogens is 304 g/mol. The Morgan fingerprint density at radius 2 is 1.79 bits per heavy atom. The average molecular weight is 332 g/mol. The number of aromatic nitrogens is 2. The smallest absolute Gasteiger partial charge is 0.229 e. The molecular formula is C18H28N4O2. The number of nitrogens with zero attached hydrogens (tertiary/aromatic N) is 4. The maximum atomic E-state index is 12.5. The summed E-state index contributed by atoms with van der Waals surface area (Å²) in [6.07, 6.45) is 9.57. The van der Waals surface area contributed by atoms with Crippen LogP contribution in [-0.4, -0.2) is 52.0 Å². The Labute approximate surface area is 143 Å². The number of hydrogen-bond donors (Lipinski definition) is 0. The predicted octanol–water partition coefficient (Wildman–Crippen LogP) is 2.56. The molecule has 3 fully saturated rings. The Balaban J connectivity index is 1.21. The van der Waals surface area contributed by atoms with Crippen LogP contribution in [0.5, 0.6) is 0 Å². The number of amides is 1. The average Bonchev–Trinajstić information content (AvgIpc) is 3.36. The zero-order chi connectivity index (χ0) is 16.4. The molecule has 24 heavy (non-hydrogen) atoms. The summed E-state index contributed by atoms with van der Waals surface area (Å²) in [6, 6.07) is 0. The fourth-order valence-electron chi connectivity index (χ4n) is 3.95. The highest BCUT2D eigenvalue weighted by Gasteiger charge is 2.30. The van der Waals surface area contributed by atoms with Gasteiger partial charge in [-0.25, -0.2) is 0 Å². The van der Waals surface area contributed by atoms with Crippen LogP contribution in [0.3, 0.4) is 0 Å². The van der Waals surface area contributed by atoms with Crippen molar-refractivity contribution in [3.8, 4) is 0 Å². The van der Waals surface area contributed by atoms with Crippen LogP contribution < -0.4 is 0 Å². The third-order valence-electron chi connectivity index (χ3n) is 5.69. The molecule has 132 valence electrons. The molecule has 0 unspecified atom stereocenters. The lowest BCUT2D eigenvalue weighted by molar-refractivity contribution is -0.134. The number of piperazine rings is 1. The van der Waals surface area contributed by atoms with Crippen LogP contribution in [0.2, 0.25) is 0 Å². The third kappa shape index (κ3) is 3.97. The Hall–Kier alpha value is -1.43. The molecule has 6 nitrogen and oxygen atoms in total. The van der Waals surface area contributed by atoms with Crippen molar-refractivity contribution >= 4 is 5.91 Å². The first kappa shape index (κ1) is 16.1. The predicted molar refractivity (Wildman–Crippen MR) is 89.3 cm³/mol.